The van der Waals surface area contributed by atoms with E-state index < -0.39 is 43.6 Å². The fourth-order valence-electron chi connectivity index (χ4n) is 1.93. The summed E-state index contributed by atoms with van der Waals surface area (Å²) in [5.41, 5.74) is 0.124. The first kappa shape index (κ1) is 15.6. The van der Waals surface area contributed by atoms with Crippen LogP contribution in [0.5, 0.6) is 5.75 Å². The average Bonchev–Trinajstić information content (AvgIpc) is 2.34. The van der Waals surface area contributed by atoms with Gasteiger partial charge in [-0.15, -0.1) is 0 Å². The Morgan fingerprint density at radius 1 is 1.33 bits per heavy atom. The van der Waals surface area contributed by atoms with Crippen molar-refractivity contribution >= 4 is 31.5 Å². The number of sulfone groups is 1. The number of sulfonamides is 1. The zero-order valence-corrected chi connectivity index (χ0v) is 12.6. The molecule has 116 valence electrons. The van der Waals surface area contributed by atoms with Crippen LogP contribution in [-0.4, -0.2) is 51.9 Å². The third-order valence-corrected chi connectivity index (χ3v) is 6.63. The van der Waals surface area contributed by atoms with Crippen molar-refractivity contribution in [2.75, 3.05) is 22.2 Å². The molecule has 8 nitrogen and oxygen atoms in total. The van der Waals surface area contributed by atoms with E-state index in [1.54, 1.807) is 12.1 Å². The van der Waals surface area contributed by atoms with Gasteiger partial charge in [-0.2, -0.15) is 0 Å². The maximum absolute atomic E-state index is 12.2. The molecule has 0 bridgehead atoms. The molecule has 0 fully saturated rings. The number of ether oxygens (including phenoxy) is 1. The van der Waals surface area contributed by atoms with E-state index in [4.69, 9.17) is 9.84 Å². The SMILES string of the molecule is CS(=O)(=O)CS(=O)(=O)N1CC(C(=O)O)Oc2ccccc21. The summed E-state index contributed by atoms with van der Waals surface area (Å²) in [4.78, 5) is 11.1. The normalized spacial score (nSPS) is 18.7. The van der Waals surface area contributed by atoms with Gasteiger partial charge in [0.15, 0.2) is 14.9 Å². The van der Waals surface area contributed by atoms with Crippen molar-refractivity contribution in [2.24, 2.45) is 0 Å². The van der Waals surface area contributed by atoms with Gasteiger partial charge in [0.25, 0.3) is 0 Å². The van der Waals surface area contributed by atoms with Crippen LogP contribution >= 0.6 is 0 Å². The van der Waals surface area contributed by atoms with Crippen molar-refractivity contribution < 1.29 is 31.5 Å². The van der Waals surface area contributed by atoms with Crippen LogP contribution in [-0.2, 0) is 24.7 Å². The van der Waals surface area contributed by atoms with Gasteiger partial charge in [-0.3, -0.25) is 4.31 Å². The monoisotopic (exact) mass is 335 g/mol. The number of carboxylic acids is 1. The maximum Gasteiger partial charge on any atom is 0.346 e. The highest BCUT2D eigenvalue weighted by atomic mass is 32.3. The highest BCUT2D eigenvalue weighted by molar-refractivity contribution is 8.08. The maximum atomic E-state index is 12.2. The van der Waals surface area contributed by atoms with Crippen molar-refractivity contribution in [3.8, 4) is 5.75 Å². The van der Waals surface area contributed by atoms with E-state index in [1.165, 1.54) is 12.1 Å². The molecule has 10 heteroatoms. The Morgan fingerprint density at radius 2 is 1.95 bits per heavy atom. The van der Waals surface area contributed by atoms with E-state index in [9.17, 15) is 21.6 Å². The standard InChI is InChI=1S/C11H13NO7S2/c1-20(15,16)7-21(17,18)12-6-10(11(13)14)19-9-5-3-2-4-8(9)12/h2-5,10H,6-7H2,1H3,(H,13,14). The number of benzene rings is 1. The second-order valence-corrected chi connectivity index (χ2v) is 9.00. The summed E-state index contributed by atoms with van der Waals surface area (Å²) in [7, 11) is -8.01. The number of hydrogen-bond donors (Lipinski definition) is 1. The average molecular weight is 335 g/mol. The first-order chi connectivity index (χ1) is 9.60. The molecule has 1 aliphatic heterocycles. The van der Waals surface area contributed by atoms with Crippen molar-refractivity contribution in [1.29, 1.82) is 0 Å². The van der Waals surface area contributed by atoms with Gasteiger partial charge in [0, 0.05) is 6.26 Å². The molecule has 0 spiro atoms. The largest absolute Gasteiger partial charge is 0.478 e. The number of para-hydroxylation sites is 2. The summed E-state index contributed by atoms with van der Waals surface area (Å²) in [6.45, 7) is -0.482. The van der Waals surface area contributed by atoms with Crippen LogP contribution in [0.2, 0.25) is 0 Å². The van der Waals surface area contributed by atoms with Gasteiger partial charge in [0.05, 0.1) is 12.2 Å². The molecule has 0 saturated carbocycles. The van der Waals surface area contributed by atoms with Crippen LogP contribution in [0.3, 0.4) is 0 Å². The fourth-order valence-corrected chi connectivity index (χ4v) is 5.41. The summed E-state index contributed by atoms with van der Waals surface area (Å²) in [6, 6.07) is 5.96. The molecule has 1 aliphatic rings. The smallest absolute Gasteiger partial charge is 0.346 e. The summed E-state index contributed by atoms with van der Waals surface area (Å²) < 4.78 is 53.0. The predicted molar refractivity (Wildman–Crippen MR) is 74.5 cm³/mol. The van der Waals surface area contributed by atoms with Crippen LogP contribution in [0.25, 0.3) is 0 Å². The number of anilines is 1. The van der Waals surface area contributed by atoms with Crippen molar-refractivity contribution in [2.45, 2.75) is 6.10 Å². The molecule has 1 atom stereocenters. The lowest BCUT2D eigenvalue weighted by atomic mass is 10.2. The summed E-state index contributed by atoms with van der Waals surface area (Å²) in [6.07, 6.45) is -0.597. The Labute approximate surface area is 121 Å². The van der Waals surface area contributed by atoms with E-state index >= 15 is 0 Å². The number of rotatable bonds is 4. The number of nitrogens with zero attached hydrogens (tertiary/aromatic N) is 1. The third-order valence-electron chi connectivity index (χ3n) is 2.71. The topological polar surface area (TPSA) is 118 Å². The molecular formula is C11H13NO7S2. The van der Waals surface area contributed by atoms with Crippen molar-refractivity contribution in [3.05, 3.63) is 24.3 Å². The number of fused-ring (bicyclic) bond motifs is 1. The Bertz CT molecular complexity index is 770. The molecule has 0 amide bonds. The molecule has 1 aromatic carbocycles. The zero-order valence-electron chi connectivity index (χ0n) is 11.0. The quantitative estimate of drug-likeness (QED) is 0.800. The Balaban J connectivity index is 2.49. The molecule has 1 N–H and O–H groups in total. The lowest BCUT2D eigenvalue weighted by Crippen LogP contribution is -2.48. The summed E-state index contributed by atoms with van der Waals surface area (Å²) in [5.74, 6) is -1.25. The molecule has 0 saturated heterocycles. The highest BCUT2D eigenvalue weighted by Crippen LogP contribution is 2.35. The molecule has 0 aliphatic carbocycles. The second kappa shape index (κ2) is 5.19. The van der Waals surface area contributed by atoms with E-state index in [-0.39, 0.29) is 11.4 Å². The van der Waals surface area contributed by atoms with Crippen molar-refractivity contribution in [3.63, 3.8) is 0 Å². The molecule has 1 heterocycles. The molecular weight excluding hydrogens is 322 g/mol. The van der Waals surface area contributed by atoms with Gasteiger partial charge < -0.3 is 9.84 Å². The number of carbonyl (C=O) groups is 1. The van der Waals surface area contributed by atoms with Gasteiger partial charge in [-0.25, -0.2) is 21.6 Å². The number of carboxylic acid groups (broad SMARTS) is 1. The van der Waals surface area contributed by atoms with Gasteiger partial charge in [-0.1, -0.05) is 12.1 Å². The molecule has 1 unspecified atom stereocenters. The molecule has 0 radical (unpaired) electrons. The van der Waals surface area contributed by atoms with Crippen LogP contribution in [0.4, 0.5) is 5.69 Å². The van der Waals surface area contributed by atoms with Crippen molar-refractivity contribution in [1.82, 2.24) is 0 Å². The predicted octanol–water partition coefficient (Wildman–Crippen LogP) is -0.329. The Morgan fingerprint density at radius 3 is 2.52 bits per heavy atom. The number of aliphatic carboxylic acids is 1. The molecule has 2 rings (SSSR count). The Hall–Kier alpha value is -1.81. The summed E-state index contributed by atoms with van der Waals surface area (Å²) in [5, 5.41) is 7.92. The zero-order chi connectivity index (χ0) is 15.8. The minimum absolute atomic E-state index is 0.0771. The van der Waals surface area contributed by atoms with Crippen LogP contribution in [0.1, 0.15) is 0 Å². The Kier molecular flexibility index (Phi) is 3.85. The van der Waals surface area contributed by atoms with E-state index in [2.05, 4.69) is 0 Å². The van der Waals surface area contributed by atoms with E-state index in [1.807, 2.05) is 0 Å². The molecule has 1 aromatic rings. The second-order valence-electron chi connectivity index (χ2n) is 4.60. The van der Waals surface area contributed by atoms with Crippen LogP contribution in [0.15, 0.2) is 24.3 Å². The van der Waals surface area contributed by atoms with Crippen LogP contribution in [0, 0.1) is 0 Å². The van der Waals surface area contributed by atoms with Crippen LogP contribution < -0.4 is 9.04 Å². The van der Waals surface area contributed by atoms with E-state index in [0.29, 0.717) is 0 Å². The first-order valence-electron chi connectivity index (χ1n) is 5.77. The third kappa shape index (κ3) is 3.45. The fraction of sp³-hybridized carbons (Fsp3) is 0.364. The van der Waals surface area contributed by atoms with E-state index in [0.717, 1.165) is 10.6 Å². The minimum Gasteiger partial charge on any atom is -0.478 e. The van der Waals surface area contributed by atoms with Gasteiger partial charge in [-0.05, 0) is 12.1 Å². The lowest BCUT2D eigenvalue weighted by Gasteiger charge is -2.33. The van der Waals surface area contributed by atoms with Gasteiger partial charge in [0.2, 0.25) is 16.1 Å². The number of hydrogen-bond acceptors (Lipinski definition) is 6. The first-order valence-corrected chi connectivity index (χ1v) is 9.44. The molecule has 21 heavy (non-hydrogen) atoms. The summed E-state index contributed by atoms with van der Waals surface area (Å²) >= 11 is 0. The van der Waals surface area contributed by atoms with Gasteiger partial charge >= 0.3 is 5.97 Å². The minimum atomic E-state index is -4.22. The molecule has 0 aromatic heterocycles. The lowest BCUT2D eigenvalue weighted by molar-refractivity contribution is -0.144. The highest BCUT2D eigenvalue weighted by Gasteiger charge is 2.37. The van der Waals surface area contributed by atoms with Gasteiger partial charge in [0.1, 0.15) is 5.75 Å².